The van der Waals surface area contributed by atoms with Gasteiger partial charge in [-0.2, -0.15) is 5.10 Å². The summed E-state index contributed by atoms with van der Waals surface area (Å²) < 4.78 is 5.87. The molecule has 3 rings (SSSR count). The van der Waals surface area contributed by atoms with Crippen molar-refractivity contribution in [3.63, 3.8) is 0 Å². The first-order valence-electron chi connectivity index (χ1n) is 9.46. The zero-order chi connectivity index (χ0) is 19.6. The Kier molecular flexibility index (Phi) is 6.96. The third-order valence-electron chi connectivity index (χ3n) is 4.26. The van der Waals surface area contributed by atoms with Crippen LogP contribution < -0.4 is 10.2 Å². The van der Waals surface area contributed by atoms with Gasteiger partial charge in [0.25, 0.3) is 5.91 Å². The van der Waals surface area contributed by atoms with Crippen LogP contribution in [0.1, 0.15) is 41.3 Å². The molecule has 0 fully saturated rings. The summed E-state index contributed by atoms with van der Waals surface area (Å²) in [7, 11) is 0. The van der Waals surface area contributed by atoms with E-state index < -0.39 is 0 Å². The fraction of sp³-hybridized carbons (Fsp3) is 0.167. The minimum Gasteiger partial charge on any atom is -0.488 e. The number of hydrazone groups is 1. The number of benzene rings is 3. The third kappa shape index (κ3) is 5.30. The van der Waals surface area contributed by atoms with Crippen molar-refractivity contribution in [1.29, 1.82) is 0 Å². The molecule has 0 spiro atoms. The molecule has 0 aromatic heterocycles. The molecule has 1 amide bonds. The largest absolute Gasteiger partial charge is 0.488 e. The fourth-order valence-electron chi connectivity index (χ4n) is 2.83. The van der Waals surface area contributed by atoms with E-state index in [0.717, 1.165) is 29.7 Å². The van der Waals surface area contributed by atoms with E-state index in [-0.39, 0.29) is 5.91 Å². The van der Waals surface area contributed by atoms with Gasteiger partial charge in [0.15, 0.2) is 0 Å². The van der Waals surface area contributed by atoms with E-state index in [1.54, 1.807) is 12.1 Å². The van der Waals surface area contributed by atoms with Gasteiger partial charge >= 0.3 is 0 Å². The van der Waals surface area contributed by atoms with Crippen LogP contribution in [0.25, 0.3) is 0 Å². The normalized spacial score (nSPS) is 11.1. The summed E-state index contributed by atoms with van der Waals surface area (Å²) in [6.45, 7) is 2.49. The van der Waals surface area contributed by atoms with Crippen LogP contribution in [0.5, 0.6) is 5.75 Å². The Bertz CT molecular complexity index is 922. The molecule has 0 radical (unpaired) electrons. The van der Waals surface area contributed by atoms with Crippen LogP contribution in [-0.2, 0) is 6.61 Å². The van der Waals surface area contributed by atoms with Gasteiger partial charge in [0, 0.05) is 0 Å². The number of hydrogen-bond donors (Lipinski definition) is 1. The summed E-state index contributed by atoms with van der Waals surface area (Å²) in [5.74, 6) is 0.254. The van der Waals surface area contributed by atoms with E-state index >= 15 is 0 Å². The van der Waals surface area contributed by atoms with Gasteiger partial charge in [0.1, 0.15) is 12.4 Å². The molecule has 0 saturated carbocycles. The maximum atomic E-state index is 12.7. The summed E-state index contributed by atoms with van der Waals surface area (Å²) in [5.41, 5.74) is 6.07. The molecule has 0 saturated heterocycles. The van der Waals surface area contributed by atoms with Gasteiger partial charge in [0.05, 0.1) is 11.3 Å². The molecule has 0 bridgehead atoms. The maximum Gasteiger partial charge on any atom is 0.275 e. The first-order valence-corrected chi connectivity index (χ1v) is 9.46. The molecule has 0 heterocycles. The standard InChI is InChI=1S/C24H24N2O2/c1-2-11-22(20-14-7-4-8-15-20)25-26-24(27)21-16-9-10-17-23(21)28-18-19-12-5-3-6-13-19/h3-10,12-17H,2,11,18H2,1H3,(H,26,27)/b25-22-. The lowest BCUT2D eigenvalue weighted by Crippen LogP contribution is -2.21. The Balaban J connectivity index is 1.73. The molecule has 142 valence electrons. The van der Waals surface area contributed by atoms with Crippen molar-refractivity contribution in [2.75, 3.05) is 0 Å². The molecule has 0 unspecified atom stereocenters. The first kappa shape index (κ1) is 19.4. The van der Waals surface area contributed by atoms with Crippen LogP contribution in [0.3, 0.4) is 0 Å². The Morgan fingerprint density at radius 1 is 0.893 bits per heavy atom. The summed E-state index contributed by atoms with van der Waals surface area (Å²) in [5, 5.41) is 4.38. The predicted octanol–water partition coefficient (Wildman–Crippen LogP) is 5.20. The maximum absolute atomic E-state index is 12.7. The van der Waals surface area contributed by atoms with Crippen molar-refractivity contribution >= 4 is 11.6 Å². The monoisotopic (exact) mass is 372 g/mol. The number of hydrogen-bond acceptors (Lipinski definition) is 3. The summed E-state index contributed by atoms with van der Waals surface area (Å²) in [6.07, 6.45) is 1.73. The van der Waals surface area contributed by atoms with Crippen LogP contribution in [0.2, 0.25) is 0 Å². The van der Waals surface area contributed by atoms with Crippen molar-refractivity contribution in [3.8, 4) is 5.75 Å². The second-order valence-electron chi connectivity index (χ2n) is 6.39. The molecule has 3 aromatic carbocycles. The van der Waals surface area contributed by atoms with Crippen molar-refractivity contribution in [2.24, 2.45) is 5.10 Å². The highest BCUT2D eigenvalue weighted by molar-refractivity contribution is 6.02. The molecule has 0 aliphatic rings. The van der Waals surface area contributed by atoms with E-state index in [4.69, 9.17) is 4.74 Å². The van der Waals surface area contributed by atoms with Crippen molar-refractivity contribution < 1.29 is 9.53 Å². The van der Waals surface area contributed by atoms with Gasteiger partial charge in [-0.25, -0.2) is 5.43 Å². The minimum absolute atomic E-state index is 0.284. The van der Waals surface area contributed by atoms with E-state index in [1.807, 2.05) is 72.8 Å². The highest BCUT2D eigenvalue weighted by Crippen LogP contribution is 2.19. The third-order valence-corrected chi connectivity index (χ3v) is 4.26. The van der Waals surface area contributed by atoms with E-state index in [0.29, 0.717) is 17.9 Å². The Morgan fingerprint density at radius 3 is 2.25 bits per heavy atom. The molecule has 3 aromatic rings. The van der Waals surface area contributed by atoms with Gasteiger partial charge in [0.2, 0.25) is 0 Å². The number of carbonyl (C=O) groups excluding carboxylic acids is 1. The van der Waals surface area contributed by atoms with Gasteiger partial charge in [-0.15, -0.1) is 0 Å². The van der Waals surface area contributed by atoms with E-state index in [9.17, 15) is 4.79 Å². The molecule has 4 heteroatoms. The molecular weight excluding hydrogens is 348 g/mol. The lowest BCUT2D eigenvalue weighted by Gasteiger charge is -2.11. The Labute approximate surface area is 165 Å². The molecular formula is C24H24N2O2. The van der Waals surface area contributed by atoms with Gasteiger partial charge in [-0.3, -0.25) is 4.79 Å². The van der Waals surface area contributed by atoms with Gasteiger partial charge in [-0.05, 0) is 29.7 Å². The zero-order valence-corrected chi connectivity index (χ0v) is 16.0. The molecule has 0 aliphatic carbocycles. The zero-order valence-electron chi connectivity index (χ0n) is 16.0. The topological polar surface area (TPSA) is 50.7 Å². The SMILES string of the molecule is CCC/C(=N/NC(=O)c1ccccc1OCc1ccccc1)c1ccccc1. The van der Waals surface area contributed by atoms with Crippen molar-refractivity contribution in [1.82, 2.24) is 5.43 Å². The first-order chi connectivity index (χ1) is 13.8. The van der Waals surface area contributed by atoms with E-state index in [2.05, 4.69) is 17.5 Å². The number of nitrogens with one attached hydrogen (secondary N) is 1. The molecule has 28 heavy (non-hydrogen) atoms. The lowest BCUT2D eigenvalue weighted by atomic mass is 10.1. The van der Waals surface area contributed by atoms with Crippen LogP contribution >= 0.6 is 0 Å². The summed E-state index contributed by atoms with van der Waals surface area (Å²) in [6, 6.07) is 27.0. The predicted molar refractivity (Wildman–Crippen MR) is 113 cm³/mol. The average Bonchev–Trinajstić information content (AvgIpc) is 2.76. The number of carbonyl (C=O) groups is 1. The van der Waals surface area contributed by atoms with Crippen LogP contribution in [-0.4, -0.2) is 11.6 Å². The van der Waals surface area contributed by atoms with Gasteiger partial charge < -0.3 is 4.74 Å². The highest BCUT2D eigenvalue weighted by Gasteiger charge is 2.12. The second-order valence-corrected chi connectivity index (χ2v) is 6.39. The summed E-state index contributed by atoms with van der Waals surface area (Å²) >= 11 is 0. The fourth-order valence-corrected chi connectivity index (χ4v) is 2.83. The molecule has 4 nitrogen and oxygen atoms in total. The van der Waals surface area contributed by atoms with Crippen LogP contribution in [0.4, 0.5) is 0 Å². The Hall–Kier alpha value is -3.40. The molecule has 1 N–H and O–H groups in total. The molecule has 0 aliphatic heterocycles. The second kappa shape index (κ2) is 10.1. The van der Waals surface area contributed by atoms with E-state index in [1.165, 1.54) is 0 Å². The number of para-hydroxylation sites is 1. The lowest BCUT2D eigenvalue weighted by molar-refractivity contribution is 0.0950. The number of rotatable bonds is 8. The quantitative estimate of drug-likeness (QED) is 0.436. The number of amides is 1. The Morgan fingerprint density at radius 2 is 1.54 bits per heavy atom. The molecule has 0 atom stereocenters. The highest BCUT2D eigenvalue weighted by atomic mass is 16.5. The smallest absolute Gasteiger partial charge is 0.275 e. The minimum atomic E-state index is -0.284. The van der Waals surface area contributed by atoms with Crippen molar-refractivity contribution in [3.05, 3.63) is 102 Å². The van der Waals surface area contributed by atoms with Gasteiger partial charge in [-0.1, -0.05) is 86.1 Å². The van der Waals surface area contributed by atoms with Crippen molar-refractivity contribution in [2.45, 2.75) is 26.4 Å². The van der Waals surface area contributed by atoms with Crippen LogP contribution in [0.15, 0.2) is 90.0 Å². The van der Waals surface area contributed by atoms with Crippen LogP contribution in [0, 0.1) is 0 Å². The summed E-state index contributed by atoms with van der Waals surface area (Å²) in [4.78, 5) is 12.7. The number of nitrogens with zero attached hydrogens (tertiary/aromatic N) is 1. The average molecular weight is 372 g/mol. The number of ether oxygens (including phenoxy) is 1.